The number of allylic oxidation sites excluding steroid dienone is 1. The number of unbranched alkanes of at least 4 members (excludes halogenated alkanes) is 9. The average molecular weight is 419 g/mol. The summed E-state index contributed by atoms with van der Waals surface area (Å²) in [6, 6.07) is 16.5. The predicted molar refractivity (Wildman–Crippen MR) is 130 cm³/mol. The molecule has 0 unspecified atom stereocenters. The Kier molecular flexibility index (Phi) is 9.39. The van der Waals surface area contributed by atoms with Crippen molar-refractivity contribution in [2.24, 2.45) is 0 Å². The standard InChI is InChI=1S/C29H38O2/c1-3-5-6-7-8-9-10-11-12-13-18-23(4-2)29(30)31-28-26-21-16-14-19-24(26)25-20-15-17-22-27(25)28/h4,14-17,19-22,28H,3,5-13,18H2,1-2H3. The van der Waals surface area contributed by atoms with Gasteiger partial charge in [-0.1, -0.05) is 119 Å². The zero-order valence-electron chi connectivity index (χ0n) is 19.4. The Morgan fingerprint density at radius 3 is 1.77 bits per heavy atom. The fraction of sp³-hybridized carbons (Fsp3) is 0.483. The second-order valence-electron chi connectivity index (χ2n) is 8.71. The molecule has 2 aromatic carbocycles. The summed E-state index contributed by atoms with van der Waals surface area (Å²) < 4.78 is 6.05. The van der Waals surface area contributed by atoms with Crippen molar-refractivity contribution in [3.8, 4) is 11.1 Å². The van der Waals surface area contributed by atoms with Gasteiger partial charge in [0.25, 0.3) is 0 Å². The van der Waals surface area contributed by atoms with Crippen molar-refractivity contribution in [2.75, 3.05) is 0 Å². The van der Waals surface area contributed by atoms with Crippen LogP contribution < -0.4 is 0 Å². The van der Waals surface area contributed by atoms with E-state index in [0.717, 1.165) is 29.5 Å². The van der Waals surface area contributed by atoms with E-state index < -0.39 is 0 Å². The minimum absolute atomic E-state index is 0.171. The number of benzene rings is 2. The van der Waals surface area contributed by atoms with Crippen molar-refractivity contribution in [3.63, 3.8) is 0 Å². The lowest BCUT2D eigenvalue weighted by Gasteiger charge is -2.16. The van der Waals surface area contributed by atoms with Crippen LogP contribution in [-0.4, -0.2) is 5.97 Å². The molecule has 0 aromatic heterocycles. The van der Waals surface area contributed by atoms with Crippen molar-refractivity contribution in [3.05, 3.63) is 71.3 Å². The summed E-state index contributed by atoms with van der Waals surface area (Å²) in [5.41, 5.74) is 5.33. The van der Waals surface area contributed by atoms with Crippen molar-refractivity contribution in [1.29, 1.82) is 0 Å². The van der Waals surface area contributed by atoms with E-state index >= 15 is 0 Å². The van der Waals surface area contributed by atoms with Crippen LogP contribution in [0.5, 0.6) is 0 Å². The van der Waals surface area contributed by atoms with Crippen LogP contribution in [-0.2, 0) is 9.53 Å². The van der Waals surface area contributed by atoms with Crippen LogP contribution in [0.2, 0.25) is 0 Å². The molecule has 3 rings (SSSR count). The number of hydrogen-bond donors (Lipinski definition) is 0. The molecule has 0 saturated carbocycles. The number of ether oxygens (including phenoxy) is 1. The molecule has 0 amide bonds. The van der Waals surface area contributed by atoms with E-state index in [9.17, 15) is 4.79 Å². The molecule has 0 spiro atoms. The van der Waals surface area contributed by atoms with Crippen molar-refractivity contribution in [2.45, 2.75) is 90.6 Å². The topological polar surface area (TPSA) is 26.3 Å². The highest BCUT2D eigenvalue weighted by atomic mass is 16.5. The summed E-state index contributed by atoms with van der Waals surface area (Å²) in [6.07, 6.45) is 15.5. The molecule has 0 N–H and O–H groups in total. The molecule has 0 fully saturated rings. The molecule has 0 aliphatic heterocycles. The number of rotatable bonds is 13. The third-order valence-electron chi connectivity index (χ3n) is 6.41. The van der Waals surface area contributed by atoms with Crippen molar-refractivity contribution in [1.82, 2.24) is 0 Å². The molecule has 2 heteroatoms. The van der Waals surface area contributed by atoms with Crippen LogP contribution in [0.3, 0.4) is 0 Å². The van der Waals surface area contributed by atoms with Crippen LogP contribution in [0.15, 0.2) is 60.2 Å². The van der Waals surface area contributed by atoms with Gasteiger partial charge in [0.15, 0.2) is 6.10 Å². The summed E-state index contributed by atoms with van der Waals surface area (Å²) >= 11 is 0. The van der Waals surface area contributed by atoms with Crippen LogP contribution >= 0.6 is 0 Å². The van der Waals surface area contributed by atoms with Gasteiger partial charge in [0.05, 0.1) is 0 Å². The van der Waals surface area contributed by atoms with Gasteiger partial charge in [0.2, 0.25) is 0 Å². The Labute approximate surface area is 188 Å². The first kappa shape index (κ1) is 23.3. The van der Waals surface area contributed by atoms with Gasteiger partial charge in [-0.3, -0.25) is 0 Å². The molecule has 2 nitrogen and oxygen atoms in total. The number of carbonyl (C=O) groups is 1. The van der Waals surface area contributed by atoms with Crippen molar-refractivity contribution >= 4 is 5.97 Å². The molecule has 0 heterocycles. The molecular formula is C29H38O2. The van der Waals surface area contributed by atoms with Crippen LogP contribution in [0.25, 0.3) is 11.1 Å². The van der Waals surface area contributed by atoms with Gasteiger partial charge in [-0.15, -0.1) is 0 Å². The first-order valence-corrected chi connectivity index (χ1v) is 12.3. The summed E-state index contributed by atoms with van der Waals surface area (Å²) in [5, 5.41) is 0. The average Bonchev–Trinajstić information content (AvgIpc) is 3.11. The quantitative estimate of drug-likeness (QED) is 0.185. The Morgan fingerprint density at radius 2 is 1.26 bits per heavy atom. The lowest BCUT2D eigenvalue weighted by molar-refractivity contribution is -0.142. The molecule has 0 saturated heterocycles. The van der Waals surface area contributed by atoms with Gasteiger partial charge < -0.3 is 4.74 Å². The van der Waals surface area contributed by atoms with Crippen molar-refractivity contribution < 1.29 is 9.53 Å². The summed E-state index contributed by atoms with van der Waals surface area (Å²) in [4.78, 5) is 13.0. The summed E-state index contributed by atoms with van der Waals surface area (Å²) in [5.74, 6) is -0.171. The van der Waals surface area contributed by atoms with Crippen LogP contribution in [0, 0.1) is 0 Å². The summed E-state index contributed by atoms with van der Waals surface area (Å²) in [7, 11) is 0. The molecule has 1 aliphatic rings. The molecule has 31 heavy (non-hydrogen) atoms. The number of fused-ring (bicyclic) bond motifs is 3. The van der Waals surface area contributed by atoms with Gasteiger partial charge in [0, 0.05) is 16.7 Å². The highest BCUT2D eigenvalue weighted by molar-refractivity contribution is 5.89. The lowest BCUT2D eigenvalue weighted by Crippen LogP contribution is -2.13. The first-order chi connectivity index (χ1) is 15.3. The fourth-order valence-corrected chi connectivity index (χ4v) is 4.59. The minimum Gasteiger partial charge on any atom is -0.449 e. The van der Waals surface area contributed by atoms with E-state index in [-0.39, 0.29) is 12.1 Å². The Balaban J connectivity index is 1.45. The second-order valence-corrected chi connectivity index (χ2v) is 8.71. The fourth-order valence-electron chi connectivity index (χ4n) is 4.59. The van der Waals surface area contributed by atoms with Gasteiger partial charge in [0.1, 0.15) is 0 Å². The minimum atomic E-state index is -0.303. The summed E-state index contributed by atoms with van der Waals surface area (Å²) in [6.45, 7) is 4.21. The Hall–Kier alpha value is -2.35. The number of esters is 1. The molecular weight excluding hydrogens is 380 g/mol. The molecule has 0 radical (unpaired) electrons. The van der Waals surface area contributed by atoms with Gasteiger partial charge in [-0.25, -0.2) is 4.79 Å². The monoisotopic (exact) mass is 418 g/mol. The zero-order chi connectivity index (χ0) is 21.9. The van der Waals surface area contributed by atoms with Gasteiger partial charge >= 0.3 is 5.97 Å². The smallest absolute Gasteiger partial charge is 0.334 e. The molecule has 0 atom stereocenters. The van der Waals surface area contributed by atoms with Gasteiger partial charge in [-0.2, -0.15) is 0 Å². The van der Waals surface area contributed by atoms with E-state index in [4.69, 9.17) is 4.74 Å². The molecule has 0 bridgehead atoms. The zero-order valence-corrected chi connectivity index (χ0v) is 19.4. The third kappa shape index (κ3) is 6.32. The molecule has 166 valence electrons. The molecule has 2 aromatic rings. The van der Waals surface area contributed by atoms with Crippen LogP contribution in [0.1, 0.15) is 102 Å². The van der Waals surface area contributed by atoms with Gasteiger partial charge in [-0.05, 0) is 30.9 Å². The largest absolute Gasteiger partial charge is 0.449 e. The van der Waals surface area contributed by atoms with E-state index in [1.165, 1.54) is 68.9 Å². The number of carbonyl (C=O) groups excluding carboxylic acids is 1. The Bertz CT molecular complexity index is 819. The SMILES string of the molecule is CC=C(CCCCCCCCCCCC)C(=O)OC1c2ccccc2-c2ccccc21. The van der Waals surface area contributed by atoms with E-state index in [1.54, 1.807) is 0 Å². The highest BCUT2D eigenvalue weighted by Gasteiger charge is 2.31. The second kappa shape index (κ2) is 12.5. The maximum Gasteiger partial charge on any atom is 0.334 e. The predicted octanol–water partition coefficient (Wildman–Crippen LogP) is 8.56. The highest BCUT2D eigenvalue weighted by Crippen LogP contribution is 2.45. The Morgan fingerprint density at radius 1 is 0.774 bits per heavy atom. The lowest BCUT2D eigenvalue weighted by atomic mass is 10.0. The van der Waals surface area contributed by atoms with E-state index in [0.29, 0.717) is 0 Å². The maximum atomic E-state index is 13.0. The number of hydrogen-bond acceptors (Lipinski definition) is 2. The first-order valence-electron chi connectivity index (χ1n) is 12.3. The van der Waals surface area contributed by atoms with E-state index in [2.05, 4.69) is 31.2 Å². The van der Waals surface area contributed by atoms with Crippen LogP contribution in [0.4, 0.5) is 0 Å². The third-order valence-corrected chi connectivity index (χ3v) is 6.41. The maximum absolute atomic E-state index is 13.0. The molecule has 1 aliphatic carbocycles. The van der Waals surface area contributed by atoms with E-state index in [1.807, 2.05) is 37.3 Å². The normalized spacial score (nSPS) is 13.2.